The SMILES string of the molecule is CC(C)(C)OC(=O)c1cccc2c1nnn2O.O. The highest BCUT2D eigenvalue weighted by molar-refractivity contribution is 6.01. The van der Waals surface area contributed by atoms with E-state index in [1.54, 1.807) is 39.0 Å². The number of hydrogen-bond acceptors (Lipinski definition) is 5. The van der Waals surface area contributed by atoms with Gasteiger partial charge in [0, 0.05) is 0 Å². The highest BCUT2D eigenvalue weighted by atomic mass is 16.6. The first-order valence-corrected chi connectivity index (χ1v) is 5.15. The molecule has 0 fully saturated rings. The molecule has 18 heavy (non-hydrogen) atoms. The van der Waals surface area contributed by atoms with Crippen molar-refractivity contribution in [2.45, 2.75) is 26.4 Å². The summed E-state index contributed by atoms with van der Waals surface area (Å²) in [7, 11) is 0. The molecule has 0 aliphatic heterocycles. The van der Waals surface area contributed by atoms with Crippen LogP contribution in [0.1, 0.15) is 31.1 Å². The summed E-state index contributed by atoms with van der Waals surface area (Å²) in [5, 5.41) is 16.5. The van der Waals surface area contributed by atoms with Crippen LogP contribution in [0.4, 0.5) is 0 Å². The molecule has 0 unspecified atom stereocenters. The Morgan fingerprint density at radius 1 is 1.39 bits per heavy atom. The van der Waals surface area contributed by atoms with Gasteiger partial charge in [0.15, 0.2) is 0 Å². The molecule has 1 aromatic heterocycles. The van der Waals surface area contributed by atoms with Gasteiger partial charge in [-0.15, -0.1) is 5.10 Å². The summed E-state index contributed by atoms with van der Waals surface area (Å²) in [6, 6.07) is 4.84. The van der Waals surface area contributed by atoms with Crippen LogP contribution in [0.15, 0.2) is 18.2 Å². The maximum Gasteiger partial charge on any atom is 0.341 e. The van der Waals surface area contributed by atoms with Gasteiger partial charge in [0.2, 0.25) is 0 Å². The van der Waals surface area contributed by atoms with Gasteiger partial charge in [0.1, 0.15) is 16.6 Å². The molecule has 2 aromatic rings. The molecule has 0 aliphatic rings. The number of rotatable bonds is 1. The predicted octanol–water partition coefficient (Wildman–Crippen LogP) is 0.799. The van der Waals surface area contributed by atoms with Crippen molar-refractivity contribution in [3.05, 3.63) is 23.8 Å². The smallest absolute Gasteiger partial charge is 0.341 e. The first kappa shape index (κ1) is 13.9. The van der Waals surface area contributed by atoms with E-state index in [9.17, 15) is 10.0 Å². The summed E-state index contributed by atoms with van der Waals surface area (Å²) in [5.74, 6) is -0.483. The van der Waals surface area contributed by atoms with Crippen LogP contribution in [-0.4, -0.2) is 37.4 Å². The minimum atomic E-state index is -0.575. The number of fused-ring (bicyclic) bond motifs is 1. The lowest BCUT2D eigenvalue weighted by Crippen LogP contribution is -2.24. The lowest BCUT2D eigenvalue weighted by atomic mass is 10.1. The van der Waals surface area contributed by atoms with Crippen LogP contribution in [0, 0.1) is 0 Å². The fourth-order valence-electron chi connectivity index (χ4n) is 1.43. The van der Waals surface area contributed by atoms with Crippen molar-refractivity contribution < 1.29 is 20.2 Å². The van der Waals surface area contributed by atoms with Crippen molar-refractivity contribution in [3.8, 4) is 0 Å². The first-order chi connectivity index (χ1) is 7.88. The normalized spacial score (nSPS) is 11.1. The largest absolute Gasteiger partial charge is 0.456 e. The van der Waals surface area contributed by atoms with Gasteiger partial charge >= 0.3 is 5.97 Å². The highest BCUT2D eigenvalue weighted by Gasteiger charge is 2.21. The number of nitrogens with zero attached hydrogens (tertiary/aromatic N) is 3. The number of aromatic nitrogens is 3. The number of ether oxygens (including phenoxy) is 1. The minimum absolute atomic E-state index is 0. The fourth-order valence-corrected chi connectivity index (χ4v) is 1.43. The van der Waals surface area contributed by atoms with Gasteiger partial charge in [-0.05, 0) is 38.1 Å². The molecule has 0 saturated carbocycles. The Bertz CT molecular complexity index is 571. The summed E-state index contributed by atoms with van der Waals surface area (Å²) in [4.78, 5) is 12.5. The molecule has 1 heterocycles. The molecule has 0 aliphatic carbocycles. The maximum absolute atomic E-state index is 11.9. The van der Waals surface area contributed by atoms with E-state index in [-0.39, 0.29) is 11.0 Å². The van der Waals surface area contributed by atoms with Crippen molar-refractivity contribution in [3.63, 3.8) is 0 Å². The van der Waals surface area contributed by atoms with Crippen molar-refractivity contribution in [1.82, 2.24) is 15.2 Å². The number of hydrogen-bond donors (Lipinski definition) is 1. The van der Waals surface area contributed by atoms with Crippen LogP contribution >= 0.6 is 0 Å². The number of carbonyl (C=O) groups is 1. The van der Waals surface area contributed by atoms with Gasteiger partial charge in [0.25, 0.3) is 0 Å². The molecule has 0 atom stereocenters. The van der Waals surface area contributed by atoms with Crippen molar-refractivity contribution >= 4 is 17.0 Å². The lowest BCUT2D eigenvalue weighted by Gasteiger charge is -2.19. The Hall–Kier alpha value is -2.15. The topological polar surface area (TPSA) is 109 Å². The van der Waals surface area contributed by atoms with Crippen LogP contribution in [0.25, 0.3) is 11.0 Å². The molecule has 0 saturated heterocycles. The van der Waals surface area contributed by atoms with Crippen molar-refractivity contribution in [1.29, 1.82) is 0 Å². The summed E-state index contributed by atoms with van der Waals surface area (Å²) in [6.07, 6.45) is 0. The Morgan fingerprint density at radius 3 is 2.67 bits per heavy atom. The second-order valence-corrected chi connectivity index (χ2v) is 4.65. The average Bonchev–Trinajstić information content (AvgIpc) is 2.58. The second kappa shape index (κ2) is 4.61. The first-order valence-electron chi connectivity index (χ1n) is 5.15. The van der Waals surface area contributed by atoms with Gasteiger partial charge in [-0.2, -0.15) is 0 Å². The Balaban J connectivity index is 0.00000162. The highest BCUT2D eigenvalue weighted by Crippen LogP contribution is 2.18. The average molecular weight is 253 g/mol. The maximum atomic E-state index is 11.9. The Morgan fingerprint density at radius 2 is 2.06 bits per heavy atom. The molecular formula is C11H15N3O4. The zero-order chi connectivity index (χ0) is 12.6. The van der Waals surface area contributed by atoms with Crippen LogP contribution in [0.5, 0.6) is 0 Å². The van der Waals surface area contributed by atoms with E-state index in [1.807, 2.05) is 0 Å². The standard InChI is InChI=1S/C11H13N3O3.H2O/c1-11(2,3)17-10(15)7-5-4-6-8-9(7)12-13-14(8)16;/h4-6,16H,1-3H3;1H2. The summed E-state index contributed by atoms with van der Waals surface area (Å²) < 4.78 is 5.24. The van der Waals surface area contributed by atoms with Crippen molar-refractivity contribution in [2.75, 3.05) is 0 Å². The summed E-state index contributed by atoms with van der Waals surface area (Å²) >= 11 is 0. The zero-order valence-corrected chi connectivity index (χ0v) is 10.3. The van der Waals surface area contributed by atoms with Crippen LogP contribution in [-0.2, 0) is 4.74 Å². The third kappa shape index (κ3) is 2.57. The molecule has 0 radical (unpaired) electrons. The van der Waals surface area contributed by atoms with Crippen molar-refractivity contribution in [2.24, 2.45) is 0 Å². The molecule has 7 nitrogen and oxygen atoms in total. The Labute approximate surface area is 103 Å². The zero-order valence-electron chi connectivity index (χ0n) is 10.3. The van der Waals surface area contributed by atoms with E-state index >= 15 is 0 Å². The van der Waals surface area contributed by atoms with E-state index in [2.05, 4.69) is 10.3 Å². The molecule has 0 amide bonds. The summed E-state index contributed by atoms with van der Waals surface area (Å²) in [5.41, 5.74) is 0.407. The monoisotopic (exact) mass is 253 g/mol. The molecular weight excluding hydrogens is 238 g/mol. The quantitative estimate of drug-likeness (QED) is 0.597. The lowest BCUT2D eigenvalue weighted by molar-refractivity contribution is 0.00716. The number of carbonyl (C=O) groups excluding carboxylic acids is 1. The molecule has 3 N–H and O–H groups in total. The van der Waals surface area contributed by atoms with E-state index < -0.39 is 11.6 Å². The third-order valence-electron chi connectivity index (χ3n) is 2.08. The minimum Gasteiger partial charge on any atom is -0.456 e. The fraction of sp³-hybridized carbons (Fsp3) is 0.364. The van der Waals surface area contributed by atoms with E-state index in [0.717, 1.165) is 0 Å². The Kier molecular flexibility index (Phi) is 3.57. The molecule has 0 spiro atoms. The van der Waals surface area contributed by atoms with Crippen LogP contribution < -0.4 is 0 Å². The second-order valence-electron chi connectivity index (χ2n) is 4.65. The van der Waals surface area contributed by atoms with Gasteiger partial charge in [0.05, 0.1) is 5.56 Å². The molecule has 1 aromatic carbocycles. The molecule has 7 heteroatoms. The number of esters is 1. The van der Waals surface area contributed by atoms with E-state index in [0.29, 0.717) is 15.9 Å². The molecule has 98 valence electrons. The van der Waals surface area contributed by atoms with Crippen LogP contribution in [0.2, 0.25) is 0 Å². The van der Waals surface area contributed by atoms with Gasteiger partial charge in [-0.25, -0.2) is 4.79 Å². The van der Waals surface area contributed by atoms with E-state index in [4.69, 9.17) is 4.74 Å². The number of benzene rings is 1. The van der Waals surface area contributed by atoms with Crippen LogP contribution in [0.3, 0.4) is 0 Å². The summed E-state index contributed by atoms with van der Waals surface area (Å²) in [6.45, 7) is 5.36. The molecule has 2 rings (SSSR count). The molecule has 0 bridgehead atoms. The predicted molar refractivity (Wildman–Crippen MR) is 63.5 cm³/mol. The van der Waals surface area contributed by atoms with Gasteiger partial charge < -0.3 is 15.4 Å². The van der Waals surface area contributed by atoms with Gasteiger partial charge in [-0.1, -0.05) is 10.9 Å². The van der Waals surface area contributed by atoms with E-state index in [1.165, 1.54) is 0 Å². The van der Waals surface area contributed by atoms with Gasteiger partial charge in [-0.3, -0.25) is 0 Å². The third-order valence-corrected chi connectivity index (χ3v) is 2.08.